The summed E-state index contributed by atoms with van der Waals surface area (Å²) in [5, 5.41) is 21.3. The van der Waals surface area contributed by atoms with Crippen LogP contribution < -0.4 is 0 Å². The number of aliphatic hydroxyl groups is 2. The fourth-order valence-corrected chi connectivity index (χ4v) is 5.40. The Morgan fingerprint density at radius 2 is 1.56 bits per heavy atom. The Bertz CT molecular complexity index is 687. The fourth-order valence-electron chi connectivity index (χ4n) is 2.74. The van der Waals surface area contributed by atoms with Crippen LogP contribution in [-0.2, 0) is 30.4 Å². The number of rotatable bonds is 13. The SMILES string of the molecule is CCSC(SCC)[C@H](OC(=O)C(C)(C)C)[C@@H](OCc1ccccc1)[C@H](O)[C@@H](O)C(=O)OC. The van der Waals surface area contributed by atoms with E-state index in [0.29, 0.717) is 0 Å². The molecule has 7 nitrogen and oxygen atoms in total. The maximum atomic E-state index is 12.8. The van der Waals surface area contributed by atoms with Crippen LogP contribution >= 0.6 is 23.5 Å². The number of esters is 2. The summed E-state index contributed by atoms with van der Waals surface area (Å²) in [4.78, 5) is 24.8. The predicted molar refractivity (Wildman–Crippen MR) is 128 cm³/mol. The lowest BCUT2D eigenvalue weighted by molar-refractivity contribution is -0.186. The monoisotopic (exact) mass is 488 g/mol. The molecule has 0 bridgehead atoms. The molecule has 0 spiro atoms. The maximum Gasteiger partial charge on any atom is 0.337 e. The lowest BCUT2D eigenvalue weighted by Gasteiger charge is -2.37. The predicted octanol–water partition coefficient (Wildman–Crippen LogP) is 3.26. The van der Waals surface area contributed by atoms with Gasteiger partial charge in [0.05, 0.1) is 23.7 Å². The van der Waals surface area contributed by atoms with Crippen molar-refractivity contribution in [2.75, 3.05) is 18.6 Å². The fraction of sp³-hybridized carbons (Fsp3) is 0.652. The van der Waals surface area contributed by atoms with Crippen LogP contribution in [0.25, 0.3) is 0 Å². The van der Waals surface area contributed by atoms with Crippen LogP contribution in [-0.4, -0.2) is 69.8 Å². The van der Waals surface area contributed by atoms with E-state index in [1.807, 2.05) is 44.2 Å². The summed E-state index contributed by atoms with van der Waals surface area (Å²) in [6, 6.07) is 9.29. The van der Waals surface area contributed by atoms with Crippen molar-refractivity contribution in [3.05, 3.63) is 35.9 Å². The number of hydrogen-bond donors (Lipinski definition) is 2. The minimum absolute atomic E-state index is 0.0976. The Hall–Kier alpha value is -1.26. The van der Waals surface area contributed by atoms with Crippen molar-refractivity contribution in [1.29, 1.82) is 0 Å². The number of hydrogen-bond acceptors (Lipinski definition) is 9. The first-order chi connectivity index (χ1) is 15.1. The van der Waals surface area contributed by atoms with E-state index in [0.717, 1.165) is 24.2 Å². The van der Waals surface area contributed by atoms with Gasteiger partial charge in [0, 0.05) is 0 Å². The van der Waals surface area contributed by atoms with Crippen LogP contribution in [0.3, 0.4) is 0 Å². The van der Waals surface area contributed by atoms with Gasteiger partial charge in [0.1, 0.15) is 12.2 Å². The van der Waals surface area contributed by atoms with Gasteiger partial charge in [0.2, 0.25) is 0 Å². The van der Waals surface area contributed by atoms with Crippen LogP contribution in [0.1, 0.15) is 40.2 Å². The number of aliphatic hydroxyl groups excluding tert-OH is 2. The Morgan fingerprint density at radius 1 is 1.00 bits per heavy atom. The van der Waals surface area contributed by atoms with Crippen molar-refractivity contribution in [1.82, 2.24) is 0 Å². The van der Waals surface area contributed by atoms with Crippen LogP contribution in [0.2, 0.25) is 0 Å². The van der Waals surface area contributed by atoms with Gasteiger partial charge in [-0.2, -0.15) is 0 Å². The third-order valence-corrected chi connectivity index (χ3v) is 7.17. The van der Waals surface area contributed by atoms with Crippen molar-refractivity contribution in [3.63, 3.8) is 0 Å². The molecule has 32 heavy (non-hydrogen) atoms. The van der Waals surface area contributed by atoms with E-state index < -0.39 is 41.8 Å². The molecule has 182 valence electrons. The van der Waals surface area contributed by atoms with Gasteiger partial charge in [0.25, 0.3) is 0 Å². The highest BCUT2D eigenvalue weighted by Gasteiger charge is 2.44. The van der Waals surface area contributed by atoms with Crippen LogP contribution in [0.4, 0.5) is 0 Å². The summed E-state index contributed by atoms with van der Waals surface area (Å²) in [5.41, 5.74) is 0.0490. The zero-order valence-electron chi connectivity index (χ0n) is 19.6. The molecule has 1 aromatic rings. The molecular weight excluding hydrogens is 452 g/mol. The van der Waals surface area contributed by atoms with Crippen LogP contribution in [0.15, 0.2) is 30.3 Å². The molecule has 0 saturated carbocycles. The first-order valence-corrected chi connectivity index (χ1v) is 12.7. The Balaban J connectivity index is 3.35. The zero-order chi connectivity index (χ0) is 24.3. The van der Waals surface area contributed by atoms with Gasteiger partial charge < -0.3 is 24.4 Å². The second-order valence-electron chi connectivity index (χ2n) is 8.12. The minimum Gasteiger partial charge on any atom is -0.467 e. The third-order valence-electron chi connectivity index (χ3n) is 4.50. The molecule has 0 saturated heterocycles. The van der Waals surface area contributed by atoms with E-state index in [1.165, 1.54) is 0 Å². The van der Waals surface area contributed by atoms with Gasteiger partial charge in [-0.05, 0) is 37.8 Å². The summed E-state index contributed by atoms with van der Waals surface area (Å²) in [6.45, 7) is 9.27. The van der Waals surface area contributed by atoms with Crippen molar-refractivity contribution < 1.29 is 34.0 Å². The topological polar surface area (TPSA) is 102 Å². The molecule has 0 aromatic heterocycles. The molecule has 0 unspecified atom stereocenters. The summed E-state index contributed by atoms with van der Waals surface area (Å²) in [7, 11) is 1.12. The zero-order valence-corrected chi connectivity index (χ0v) is 21.3. The third kappa shape index (κ3) is 8.94. The van der Waals surface area contributed by atoms with E-state index >= 15 is 0 Å². The molecule has 0 amide bonds. The second-order valence-corrected chi connectivity index (χ2v) is 11.3. The summed E-state index contributed by atoms with van der Waals surface area (Å²) in [6.07, 6.45) is -5.61. The standard InChI is InChI=1S/C23H36O7S2/c1-7-31-21(32-8-2)19(30-22(27)23(3,4)5)18(16(24)17(25)20(26)28-6)29-14-15-12-10-9-11-13-15/h9-13,16-19,21,24-25H,7-8,14H2,1-6H3/t16-,17-,18+,19-/m1/s1. The Morgan fingerprint density at radius 3 is 2.03 bits per heavy atom. The Kier molecular flexibility index (Phi) is 12.7. The summed E-state index contributed by atoms with van der Waals surface area (Å²) in [5.74, 6) is 0.0217. The van der Waals surface area contributed by atoms with E-state index in [-0.39, 0.29) is 11.2 Å². The normalized spacial score (nSPS) is 15.7. The quantitative estimate of drug-likeness (QED) is 0.320. The number of benzene rings is 1. The summed E-state index contributed by atoms with van der Waals surface area (Å²) < 4.78 is 16.2. The largest absolute Gasteiger partial charge is 0.467 e. The number of ether oxygens (including phenoxy) is 3. The first-order valence-electron chi connectivity index (χ1n) is 10.6. The molecule has 1 aromatic carbocycles. The molecule has 0 aliphatic heterocycles. The number of carbonyl (C=O) groups excluding carboxylic acids is 2. The summed E-state index contributed by atoms with van der Waals surface area (Å²) >= 11 is 3.10. The van der Waals surface area contributed by atoms with Crippen molar-refractivity contribution >= 4 is 35.5 Å². The molecule has 2 N–H and O–H groups in total. The molecule has 0 aliphatic rings. The van der Waals surface area contributed by atoms with Crippen LogP contribution in [0.5, 0.6) is 0 Å². The number of carbonyl (C=O) groups is 2. The van der Waals surface area contributed by atoms with E-state index in [1.54, 1.807) is 44.3 Å². The Labute approximate surface area is 199 Å². The molecule has 1 rings (SSSR count). The number of thioether (sulfide) groups is 2. The van der Waals surface area contributed by atoms with Gasteiger partial charge in [-0.3, -0.25) is 4.79 Å². The van der Waals surface area contributed by atoms with Crippen molar-refractivity contribution in [2.24, 2.45) is 5.41 Å². The van der Waals surface area contributed by atoms with Crippen LogP contribution in [0, 0.1) is 5.41 Å². The molecule has 0 aliphatic carbocycles. The smallest absolute Gasteiger partial charge is 0.337 e. The molecule has 9 heteroatoms. The minimum atomic E-state index is -1.85. The highest BCUT2D eigenvalue weighted by molar-refractivity contribution is 8.17. The van der Waals surface area contributed by atoms with Gasteiger partial charge in [0.15, 0.2) is 12.2 Å². The maximum absolute atomic E-state index is 12.8. The van der Waals surface area contributed by atoms with E-state index in [4.69, 9.17) is 9.47 Å². The molecule has 4 atom stereocenters. The molecule has 0 radical (unpaired) electrons. The van der Waals surface area contributed by atoms with E-state index in [2.05, 4.69) is 4.74 Å². The molecule has 0 heterocycles. The van der Waals surface area contributed by atoms with Gasteiger partial charge in [-0.1, -0.05) is 44.2 Å². The number of methoxy groups -OCH3 is 1. The van der Waals surface area contributed by atoms with Gasteiger partial charge in [-0.25, -0.2) is 4.79 Å². The lowest BCUT2D eigenvalue weighted by atomic mass is 9.96. The van der Waals surface area contributed by atoms with E-state index in [9.17, 15) is 19.8 Å². The van der Waals surface area contributed by atoms with Crippen molar-refractivity contribution in [2.45, 2.75) is 70.2 Å². The first kappa shape index (κ1) is 28.8. The van der Waals surface area contributed by atoms with Crippen molar-refractivity contribution in [3.8, 4) is 0 Å². The lowest BCUT2D eigenvalue weighted by Crippen LogP contribution is -2.53. The highest BCUT2D eigenvalue weighted by Crippen LogP contribution is 2.34. The molecule has 0 fully saturated rings. The highest BCUT2D eigenvalue weighted by atomic mass is 32.2. The van der Waals surface area contributed by atoms with Gasteiger partial charge >= 0.3 is 11.9 Å². The average molecular weight is 489 g/mol. The average Bonchev–Trinajstić information content (AvgIpc) is 2.76. The second kappa shape index (κ2) is 14.1. The van der Waals surface area contributed by atoms with Gasteiger partial charge in [-0.15, -0.1) is 23.5 Å². The molecular formula is C23H36O7S2.